The number of hydrogen-bond donors (Lipinski definition) is 1. The van der Waals surface area contributed by atoms with Crippen LogP contribution in [0, 0.1) is 5.92 Å². The van der Waals surface area contributed by atoms with E-state index in [9.17, 15) is 28.3 Å². The molecule has 0 saturated carbocycles. The van der Waals surface area contributed by atoms with Gasteiger partial charge in [-0.2, -0.15) is 8.78 Å². The molecule has 1 aromatic carbocycles. The molecule has 0 aromatic heterocycles. The number of amides is 2. The summed E-state index contributed by atoms with van der Waals surface area (Å²) in [7, 11) is 0. The minimum Gasteiger partial charge on any atom is -0.480 e. The van der Waals surface area contributed by atoms with Crippen molar-refractivity contribution in [2.45, 2.75) is 38.3 Å². The van der Waals surface area contributed by atoms with Crippen LogP contribution in [0.3, 0.4) is 0 Å². The Kier molecular flexibility index (Phi) is 6.11. The van der Waals surface area contributed by atoms with Gasteiger partial charge in [-0.15, -0.1) is 0 Å². The van der Waals surface area contributed by atoms with Crippen LogP contribution < -0.4 is 4.74 Å². The highest BCUT2D eigenvalue weighted by Crippen LogP contribution is 2.28. The number of halogens is 2. The van der Waals surface area contributed by atoms with Crippen molar-refractivity contribution in [1.82, 2.24) is 9.80 Å². The monoisotopic (exact) mass is 396 g/mol. The summed E-state index contributed by atoms with van der Waals surface area (Å²) in [6.45, 7) is -2.13. The van der Waals surface area contributed by atoms with Gasteiger partial charge in [-0.25, -0.2) is 4.79 Å². The standard InChI is InChI=1S/C19H22F2N2O5/c20-19(21)28-15-8-2-1-6-13(15)17(25)22-9-3-5-12(11-22)16(24)23-10-4-7-14(23)18(26)27/h1-2,6,8,12,14,19H,3-5,7,9-11H2,(H,26,27). The number of carboxylic acid groups (broad SMARTS) is 1. The number of para-hydroxylation sites is 1. The molecule has 0 bridgehead atoms. The molecule has 2 unspecified atom stereocenters. The van der Waals surface area contributed by atoms with Crippen molar-refractivity contribution in [1.29, 1.82) is 0 Å². The lowest BCUT2D eigenvalue weighted by Crippen LogP contribution is -2.49. The van der Waals surface area contributed by atoms with E-state index in [0.717, 1.165) is 0 Å². The number of aliphatic carboxylic acids is 1. The molecule has 2 heterocycles. The molecule has 28 heavy (non-hydrogen) atoms. The third kappa shape index (κ3) is 4.23. The molecule has 0 radical (unpaired) electrons. The van der Waals surface area contributed by atoms with E-state index in [1.54, 1.807) is 6.07 Å². The van der Waals surface area contributed by atoms with Crippen molar-refractivity contribution in [3.05, 3.63) is 29.8 Å². The lowest BCUT2D eigenvalue weighted by molar-refractivity contribution is -0.150. The molecule has 2 atom stereocenters. The molecular formula is C19H22F2N2O5. The molecule has 1 N–H and O–H groups in total. The van der Waals surface area contributed by atoms with Crippen LogP contribution in [0.4, 0.5) is 8.78 Å². The van der Waals surface area contributed by atoms with Gasteiger partial charge in [0.1, 0.15) is 11.8 Å². The fourth-order valence-electron chi connectivity index (χ4n) is 3.90. The summed E-state index contributed by atoms with van der Waals surface area (Å²) in [6.07, 6.45) is 2.19. The number of benzene rings is 1. The summed E-state index contributed by atoms with van der Waals surface area (Å²) in [5.41, 5.74) is 0.0143. The van der Waals surface area contributed by atoms with E-state index >= 15 is 0 Å². The minimum atomic E-state index is -3.05. The van der Waals surface area contributed by atoms with Gasteiger partial charge in [0.25, 0.3) is 5.91 Å². The normalized spacial score (nSPS) is 22.4. The van der Waals surface area contributed by atoms with Crippen LogP contribution in [-0.2, 0) is 9.59 Å². The Morgan fingerprint density at radius 1 is 1.11 bits per heavy atom. The summed E-state index contributed by atoms with van der Waals surface area (Å²) < 4.78 is 29.6. The van der Waals surface area contributed by atoms with Crippen LogP contribution in [0.1, 0.15) is 36.0 Å². The molecule has 2 aliphatic heterocycles. The molecule has 2 saturated heterocycles. The maximum Gasteiger partial charge on any atom is 0.387 e. The first-order valence-electron chi connectivity index (χ1n) is 9.25. The fourth-order valence-corrected chi connectivity index (χ4v) is 3.90. The lowest BCUT2D eigenvalue weighted by Gasteiger charge is -2.35. The van der Waals surface area contributed by atoms with Gasteiger partial charge in [0.15, 0.2) is 0 Å². The van der Waals surface area contributed by atoms with Crippen LogP contribution in [-0.4, -0.2) is 65.0 Å². The average molecular weight is 396 g/mol. The van der Waals surface area contributed by atoms with Gasteiger partial charge in [-0.05, 0) is 37.8 Å². The van der Waals surface area contributed by atoms with Crippen LogP contribution in [0.25, 0.3) is 0 Å². The van der Waals surface area contributed by atoms with Gasteiger partial charge in [0.2, 0.25) is 5.91 Å². The maximum absolute atomic E-state index is 12.8. The highest BCUT2D eigenvalue weighted by molar-refractivity contribution is 5.97. The van der Waals surface area contributed by atoms with Gasteiger partial charge >= 0.3 is 12.6 Å². The van der Waals surface area contributed by atoms with Gasteiger partial charge in [-0.3, -0.25) is 9.59 Å². The third-order valence-electron chi connectivity index (χ3n) is 5.21. The summed E-state index contributed by atoms with van der Waals surface area (Å²) in [5.74, 6) is -2.47. The molecule has 2 aliphatic rings. The smallest absolute Gasteiger partial charge is 0.387 e. The maximum atomic E-state index is 12.8. The van der Waals surface area contributed by atoms with E-state index in [-0.39, 0.29) is 23.8 Å². The van der Waals surface area contributed by atoms with Crippen molar-refractivity contribution >= 4 is 17.8 Å². The first kappa shape index (κ1) is 20.0. The molecule has 9 heteroatoms. The minimum absolute atomic E-state index is 0.0143. The van der Waals surface area contributed by atoms with Crippen molar-refractivity contribution in [2.24, 2.45) is 5.92 Å². The van der Waals surface area contributed by atoms with Crippen molar-refractivity contribution in [3.8, 4) is 5.75 Å². The number of likely N-dealkylation sites (tertiary alicyclic amines) is 2. The van der Waals surface area contributed by atoms with Gasteiger partial charge in [-0.1, -0.05) is 12.1 Å². The second-order valence-corrected chi connectivity index (χ2v) is 6.99. The topological polar surface area (TPSA) is 87.2 Å². The molecule has 0 spiro atoms. The number of carboxylic acids is 1. The van der Waals surface area contributed by atoms with Crippen LogP contribution >= 0.6 is 0 Å². The van der Waals surface area contributed by atoms with Crippen molar-refractivity contribution in [2.75, 3.05) is 19.6 Å². The molecule has 7 nitrogen and oxygen atoms in total. The third-order valence-corrected chi connectivity index (χ3v) is 5.21. The second kappa shape index (κ2) is 8.53. The lowest BCUT2D eigenvalue weighted by atomic mass is 9.95. The molecule has 2 fully saturated rings. The summed E-state index contributed by atoms with van der Waals surface area (Å²) in [5, 5.41) is 9.29. The Morgan fingerprint density at radius 2 is 1.82 bits per heavy atom. The number of piperidine rings is 1. The number of alkyl halides is 2. The molecule has 3 rings (SSSR count). The Balaban J connectivity index is 1.72. The van der Waals surface area contributed by atoms with E-state index in [4.69, 9.17) is 0 Å². The highest BCUT2D eigenvalue weighted by atomic mass is 19.3. The molecular weight excluding hydrogens is 374 g/mol. The summed E-state index contributed by atoms with van der Waals surface area (Å²) >= 11 is 0. The number of nitrogens with zero attached hydrogens (tertiary/aromatic N) is 2. The SMILES string of the molecule is O=C(O)C1CCCN1C(=O)C1CCCN(C(=O)c2ccccc2OC(F)F)C1. The van der Waals surface area contributed by atoms with Crippen LogP contribution in [0.5, 0.6) is 5.75 Å². The number of hydrogen-bond acceptors (Lipinski definition) is 4. The number of rotatable bonds is 5. The van der Waals surface area contributed by atoms with E-state index < -0.39 is 30.4 Å². The largest absolute Gasteiger partial charge is 0.480 e. The second-order valence-electron chi connectivity index (χ2n) is 6.99. The fraction of sp³-hybridized carbons (Fsp3) is 0.526. The zero-order valence-corrected chi connectivity index (χ0v) is 15.2. The zero-order valence-electron chi connectivity index (χ0n) is 15.2. The number of ether oxygens (including phenoxy) is 1. The number of carbonyl (C=O) groups is 3. The average Bonchev–Trinajstić information content (AvgIpc) is 3.17. The zero-order chi connectivity index (χ0) is 20.3. The van der Waals surface area contributed by atoms with Gasteiger partial charge < -0.3 is 19.6 Å². The Labute approximate surface area is 160 Å². The number of carbonyl (C=O) groups excluding carboxylic acids is 2. The predicted molar refractivity (Wildman–Crippen MR) is 94.1 cm³/mol. The van der Waals surface area contributed by atoms with E-state index in [1.165, 1.54) is 28.0 Å². The summed E-state index contributed by atoms with van der Waals surface area (Å²) in [6, 6.07) is 4.94. The first-order chi connectivity index (χ1) is 13.4. The van der Waals surface area contributed by atoms with E-state index in [1.807, 2.05) is 0 Å². The van der Waals surface area contributed by atoms with Crippen LogP contribution in [0.2, 0.25) is 0 Å². The molecule has 2 amide bonds. The van der Waals surface area contributed by atoms with E-state index in [0.29, 0.717) is 38.8 Å². The highest BCUT2D eigenvalue weighted by Gasteiger charge is 2.39. The predicted octanol–water partition coefficient (Wildman–Crippen LogP) is 2.22. The quantitative estimate of drug-likeness (QED) is 0.825. The summed E-state index contributed by atoms with van der Waals surface area (Å²) in [4.78, 5) is 39.9. The van der Waals surface area contributed by atoms with Crippen LogP contribution in [0.15, 0.2) is 24.3 Å². The van der Waals surface area contributed by atoms with E-state index in [2.05, 4.69) is 4.74 Å². The Morgan fingerprint density at radius 3 is 2.54 bits per heavy atom. The Hall–Kier alpha value is -2.71. The molecule has 152 valence electrons. The molecule has 1 aromatic rings. The Bertz CT molecular complexity index is 758. The van der Waals surface area contributed by atoms with Gasteiger partial charge in [0, 0.05) is 19.6 Å². The first-order valence-corrected chi connectivity index (χ1v) is 9.25. The van der Waals surface area contributed by atoms with Crippen molar-refractivity contribution in [3.63, 3.8) is 0 Å². The molecule has 0 aliphatic carbocycles. The van der Waals surface area contributed by atoms with Gasteiger partial charge in [0.05, 0.1) is 11.5 Å². The van der Waals surface area contributed by atoms with Crippen molar-refractivity contribution < 1.29 is 33.0 Å².